The van der Waals surface area contributed by atoms with E-state index < -0.39 is 0 Å². The van der Waals surface area contributed by atoms with Crippen LogP contribution in [0.5, 0.6) is 0 Å². The number of aryl methyl sites for hydroxylation is 1. The van der Waals surface area contributed by atoms with Crippen molar-refractivity contribution in [2.75, 3.05) is 0 Å². The van der Waals surface area contributed by atoms with Crippen LogP contribution in [0.4, 0.5) is 0 Å². The molecule has 2 heterocycles. The summed E-state index contributed by atoms with van der Waals surface area (Å²) in [6.07, 6.45) is 10.4. The van der Waals surface area contributed by atoms with Crippen molar-refractivity contribution in [1.82, 2.24) is 14.5 Å². The third-order valence-electron chi connectivity index (χ3n) is 3.18. The van der Waals surface area contributed by atoms with Crippen LogP contribution in [0.2, 0.25) is 0 Å². The molecule has 0 fully saturated rings. The molecular weight excluding hydrogens is 222 g/mol. The number of aromatic nitrogens is 3. The molecule has 0 saturated carbocycles. The molecule has 1 aliphatic rings. The minimum Gasteiger partial charge on any atom is -0.326 e. The molecule has 3 heteroatoms. The van der Waals surface area contributed by atoms with E-state index >= 15 is 0 Å². The lowest BCUT2D eigenvalue weighted by Gasteiger charge is -2.22. The Morgan fingerprint density at radius 1 is 1.06 bits per heavy atom. The molecule has 0 bridgehead atoms. The lowest BCUT2D eigenvalue weighted by molar-refractivity contribution is 0.408. The number of allylic oxidation sites excluding steroid dienone is 2. The maximum atomic E-state index is 4.63. The summed E-state index contributed by atoms with van der Waals surface area (Å²) in [6.45, 7) is 8.53. The van der Waals surface area contributed by atoms with Crippen molar-refractivity contribution in [1.29, 1.82) is 0 Å². The Morgan fingerprint density at radius 3 is 2.50 bits per heavy atom. The quantitative estimate of drug-likeness (QED) is 0.704. The molecule has 1 aliphatic carbocycles. The zero-order chi connectivity index (χ0) is 12.9. The molecule has 0 aliphatic heterocycles. The van der Waals surface area contributed by atoms with E-state index in [1.807, 2.05) is 13.0 Å². The number of hydrogen-bond acceptors (Lipinski definition) is 2. The minimum absolute atomic E-state index is 0.0192. The lowest BCUT2D eigenvalue weighted by Crippen LogP contribution is -2.21. The second-order valence-corrected chi connectivity index (χ2v) is 5.70. The molecule has 0 amide bonds. The highest BCUT2D eigenvalue weighted by Crippen LogP contribution is 2.30. The van der Waals surface area contributed by atoms with Gasteiger partial charge in [0.2, 0.25) is 0 Å². The van der Waals surface area contributed by atoms with Gasteiger partial charge >= 0.3 is 0 Å². The number of hydrogen-bond donors (Lipinski definition) is 0. The fourth-order valence-electron chi connectivity index (χ4n) is 2.36. The summed E-state index contributed by atoms with van der Waals surface area (Å²) in [7, 11) is 0. The first-order chi connectivity index (χ1) is 8.47. The Labute approximate surface area is 107 Å². The van der Waals surface area contributed by atoms with E-state index in [1.165, 1.54) is 5.56 Å². The molecule has 0 spiro atoms. The normalized spacial score (nSPS) is 14.2. The van der Waals surface area contributed by atoms with Crippen molar-refractivity contribution in [2.24, 2.45) is 0 Å². The van der Waals surface area contributed by atoms with Crippen molar-refractivity contribution in [3.8, 4) is 0 Å². The highest BCUT2D eigenvalue weighted by Gasteiger charge is 2.21. The summed E-state index contributed by atoms with van der Waals surface area (Å²) < 4.78 is 2.24. The second kappa shape index (κ2) is 3.55. The van der Waals surface area contributed by atoms with Crippen molar-refractivity contribution >= 4 is 23.2 Å². The molecule has 0 saturated heterocycles. The highest BCUT2D eigenvalue weighted by atomic mass is 15.1. The van der Waals surface area contributed by atoms with Gasteiger partial charge in [0.1, 0.15) is 11.5 Å². The van der Waals surface area contributed by atoms with E-state index in [0.29, 0.717) is 0 Å². The fourth-order valence-corrected chi connectivity index (χ4v) is 2.36. The van der Waals surface area contributed by atoms with E-state index in [2.05, 4.69) is 59.7 Å². The van der Waals surface area contributed by atoms with E-state index in [1.54, 1.807) is 0 Å². The maximum Gasteiger partial charge on any atom is 0.145 e. The standard InChI is InChI=1S/C15H17N3/c1-10-16-12-8-6-5-7-11-9-18(15(2,3)4)14(17-10)13(11)12/h5-9H,1-4H3. The summed E-state index contributed by atoms with van der Waals surface area (Å²) >= 11 is 0. The van der Waals surface area contributed by atoms with Gasteiger partial charge in [0.15, 0.2) is 0 Å². The molecule has 2 aromatic heterocycles. The van der Waals surface area contributed by atoms with Gasteiger partial charge in [-0.3, -0.25) is 0 Å². The summed E-state index contributed by atoms with van der Waals surface area (Å²) in [6, 6.07) is 0. The second-order valence-electron chi connectivity index (χ2n) is 5.70. The molecule has 0 atom stereocenters. The fraction of sp³-hybridized carbons (Fsp3) is 0.333. The summed E-state index contributed by atoms with van der Waals surface area (Å²) in [5, 5.41) is 1.15. The molecule has 0 radical (unpaired) electrons. The van der Waals surface area contributed by atoms with Crippen LogP contribution in [0.15, 0.2) is 18.3 Å². The third kappa shape index (κ3) is 1.58. The van der Waals surface area contributed by atoms with Gasteiger partial charge in [0, 0.05) is 17.3 Å². The Balaban J connectivity index is 2.47. The van der Waals surface area contributed by atoms with Crippen LogP contribution in [-0.2, 0) is 5.54 Å². The van der Waals surface area contributed by atoms with Gasteiger partial charge in [-0.1, -0.05) is 18.2 Å². The van der Waals surface area contributed by atoms with Gasteiger partial charge < -0.3 is 4.57 Å². The van der Waals surface area contributed by atoms with Crippen molar-refractivity contribution < 1.29 is 0 Å². The first kappa shape index (κ1) is 11.2. The topological polar surface area (TPSA) is 30.7 Å². The predicted octanol–water partition coefficient (Wildman–Crippen LogP) is 3.53. The average molecular weight is 239 g/mol. The molecule has 92 valence electrons. The zero-order valence-electron chi connectivity index (χ0n) is 11.2. The lowest BCUT2D eigenvalue weighted by atomic mass is 10.1. The van der Waals surface area contributed by atoms with Gasteiger partial charge in [-0.05, 0) is 33.8 Å². The van der Waals surface area contributed by atoms with Crippen LogP contribution in [0.25, 0.3) is 23.2 Å². The van der Waals surface area contributed by atoms with Crippen LogP contribution in [0.3, 0.4) is 0 Å². The molecule has 18 heavy (non-hydrogen) atoms. The van der Waals surface area contributed by atoms with Crippen LogP contribution in [-0.4, -0.2) is 14.5 Å². The number of nitrogens with zero attached hydrogens (tertiary/aromatic N) is 3. The molecule has 0 N–H and O–H groups in total. The molecule has 3 rings (SSSR count). The van der Waals surface area contributed by atoms with E-state index in [9.17, 15) is 0 Å². The van der Waals surface area contributed by atoms with Crippen LogP contribution in [0.1, 0.15) is 37.9 Å². The largest absolute Gasteiger partial charge is 0.326 e. The summed E-state index contributed by atoms with van der Waals surface area (Å²) in [4.78, 5) is 9.17. The Kier molecular flexibility index (Phi) is 2.21. The van der Waals surface area contributed by atoms with Crippen molar-refractivity contribution in [3.63, 3.8) is 0 Å². The number of rotatable bonds is 0. The maximum absolute atomic E-state index is 4.63. The van der Waals surface area contributed by atoms with Gasteiger partial charge in [0.25, 0.3) is 0 Å². The van der Waals surface area contributed by atoms with E-state index in [-0.39, 0.29) is 5.54 Å². The highest BCUT2D eigenvalue weighted by molar-refractivity contribution is 5.94. The first-order valence-electron chi connectivity index (χ1n) is 6.22. The Bertz CT molecular complexity index is 682. The Hall–Kier alpha value is -1.90. The van der Waals surface area contributed by atoms with Crippen molar-refractivity contribution in [3.05, 3.63) is 35.4 Å². The SMILES string of the molecule is Cc1nc2c3c(cn(C(C)(C)C)c3n1)C=CC=C2. The van der Waals surface area contributed by atoms with E-state index in [0.717, 1.165) is 22.6 Å². The van der Waals surface area contributed by atoms with Crippen LogP contribution >= 0.6 is 0 Å². The molecule has 2 aromatic rings. The van der Waals surface area contributed by atoms with Gasteiger partial charge in [-0.25, -0.2) is 9.97 Å². The van der Waals surface area contributed by atoms with E-state index in [4.69, 9.17) is 0 Å². The molecule has 0 aromatic carbocycles. The average Bonchev–Trinajstić information content (AvgIpc) is 2.49. The predicted molar refractivity (Wildman–Crippen MR) is 75.3 cm³/mol. The van der Waals surface area contributed by atoms with Crippen molar-refractivity contribution in [2.45, 2.75) is 33.2 Å². The molecule has 3 nitrogen and oxygen atoms in total. The van der Waals surface area contributed by atoms with Gasteiger partial charge in [-0.15, -0.1) is 0 Å². The van der Waals surface area contributed by atoms with Gasteiger partial charge in [-0.2, -0.15) is 0 Å². The summed E-state index contributed by atoms with van der Waals surface area (Å²) in [5.41, 5.74) is 3.25. The first-order valence-corrected chi connectivity index (χ1v) is 6.22. The molecule has 0 unspecified atom stereocenters. The third-order valence-corrected chi connectivity index (χ3v) is 3.18. The Morgan fingerprint density at radius 2 is 1.78 bits per heavy atom. The zero-order valence-corrected chi connectivity index (χ0v) is 11.2. The van der Waals surface area contributed by atoms with Gasteiger partial charge in [0.05, 0.1) is 11.1 Å². The monoisotopic (exact) mass is 239 g/mol. The smallest absolute Gasteiger partial charge is 0.145 e. The molecular formula is C15H17N3. The van der Waals surface area contributed by atoms with Crippen LogP contribution in [0, 0.1) is 6.92 Å². The van der Waals surface area contributed by atoms with Crippen LogP contribution < -0.4 is 0 Å². The minimum atomic E-state index is 0.0192. The summed E-state index contributed by atoms with van der Waals surface area (Å²) in [5.74, 6) is 0.819.